The van der Waals surface area contributed by atoms with Gasteiger partial charge in [0.1, 0.15) is 0 Å². The van der Waals surface area contributed by atoms with Crippen molar-refractivity contribution in [2.75, 3.05) is 19.6 Å². The fourth-order valence-electron chi connectivity index (χ4n) is 1.71. The molecule has 1 rings (SSSR count). The molecule has 1 fully saturated rings. The van der Waals surface area contributed by atoms with Crippen LogP contribution in [0.3, 0.4) is 0 Å². The van der Waals surface area contributed by atoms with Gasteiger partial charge in [0.2, 0.25) is 11.8 Å². The van der Waals surface area contributed by atoms with Gasteiger partial charge in [-0.15, -0.1) is 0 Å². The van der Waals surface area contributed by atoms with Crippen molar-refractivity contribution >= 4 is 11.8 Å². The highest BCUT2D eigenvalue weighted by molar-refractivity contribution is 5.87. The fourth-order valence-corrected chi connectivity index (χ4v) is 1.71. The van der Waals surface area contributed by atoms with Gasteiger partial charge in [-0.05, 0) is 12.8 Å². The van der Waals surface area contributed by atoms with Crippen LogP contribution in [0.4, 0.5) is 0 Å². The number of nitrogens with one attached hydrogen (secondary N) is 1. The molecule has 17 heavy (non-hydrogen) atoms. The smallest absolute Gasteiger partial charge is 0.242 e. The zero-order valence-corrected chi connectivity index (χ0v) is 10.8. The molecule has 0 aliphatic carbocycles. The molecule has 2 amide bonds. The van der Waals surface area contributed by atoms with Crippen molar-refractivity contribution in [2.45, 2.75) is 39.7 Å². The minimum atomic E-state index is -0.484. The Morgan fingerprint density at radius 3 is 2.59 bits per heavy atom. The molecular formula is C12H22N2O3. The van der Waals surface area contributed by atoms with Crippen LogP contribution in [0.5, 0.6) is 0 Å². The molecule has 1 saturated heterocycles. The van der Waals surface area contributed by atoms with Crippen molar-refractivity contribution < 1.29 is 14.7 Å². The Balaban J connectivity index is 2.37. The summed E-state index contributed by atoms with van der Waals surface area (Å²) in [6.07, 6.45) is 1.14. The van der Waals surface area contributed by atoms with Crippen LogP contribution in [-0.4, -0.2) is 47.6 Å². The first kappa shape index (κ1) is 14.0. The van der Waals surface area contributed by atoms with Crippen LogP contribution in [0.1, 0.15) is 33.6 Å². The average Bonchev–Trinajstić information content (AvgIpc) is 2.24. The van der Waals surface area contributed by atoms with Gasteiger partial charge in [0.25, 0.3) is 0 Å². The lowest BCUT2D eigenvalue weighted by molar-refractivity contribution is -0.137. The summed E-state index contributed by atoms with van der Waals surface area (Å²) in [5.41, 5.74) is -0.484. The molecule has 5 heteroatoms. The van der Waals surface area contributed by atoms with E-state index in [4.69, 9.17) is 0 Å². The first-order chi connectivity index (χ1) is 7.80. The van der Waals surface area contributed by atoms with Crippen molar-refractivity contribution in [1.82, 2.24) is 10.2 Å². The van der Waals surface area contributed by atoms with Crippen molar-refractivity contribution in [3.63, 3.8) is 0 Å². The van der Waals surface area contributed by atoms with Crippen molar-refractivity contribution in [2.24, 2.45) is 5.41 Å². The molecule has 1 heterocycles. The van der Waals surface area contributed by atoms with E-state index < -0.39 is 11.5 Å². The van der Waals surface area contributed by atoms with E-state index in [-0.39, 0.29) is 18.4 Å². The molecule has 0 bridgehead atoms. The molecule has 0 unspecified atom stereocenters. The van der Waals surface area contributed by atoms with Crippen LogP contribution in [-0.2, 0) is 9.59 Å². The lowest BCUT2D eigenvalue weighted by Gasteiger charge is -2.30. The third kappa shape index (κ3) is 4.34. The number of amides is 2. The van der Waals surface area contributed by atoms with Gasteiger partial charge in [-0.2, -0.15) is 0 Å². The van der Waals surface area contributed by atoms with Gasteiger partial charge >= 0.3 is 0 Å². The number of hydrogen-bond donors (Lipinski definition) is 2. The minimum absolute atomic E-state index is 0.0167. The number of rotatable bonds is 2. The van der Waals surface area contributed by atoms with Crippen molar-refractivity contribution in [3.8, 4) is 0 Å². The Morgan fingerprint density at radius 2 is 2.06 bits per heavy atom. The minimum Gasteiger partial charge on any atom is -0.391 e. The van der Waals surface area contributed by atoms with E-state index in [2.05, 4.69) is 5.32 Å². The molecule has 0 aromatic carbocycles. The second kappa shape index (κ2) is 5.49. The van der Waals surface area contributed by atoms with E-state index in [0.29, 0.717) is 13.1 Å². The van der Waals surface area contributed by atoms with Crippen LogP contribution in [0.25, 0.3) is 0 Å². The summed E-state index contributed by atoms with van der Waals surface area (Å²) >= 11 is 0. The van der Waals surface area contributed by atoms with E-state index in [1.807, 2.05) is 0 Å². The summed E-state index contributed by atoms with van der Waals surface area (Å²) in [4.78, 5) is 25.0. The normalized spacial score (nSPS) is 21.2. The Bertz CT molecular complexity index is 297. The van der Waals surface area contributed by atoms with E-state index in [9.17, 15) is 14.7 Å². The van der Waals surface area contributed by atoms with Crippen LogP contribution < -0.4 is 5.32 Å². The number of aliphatic hydroxyl groups is 1. The Kier molecular flexibility index (Phi) is 4.51. The molecule has 2 N–H and O–H groups in total. The summed E-state index contributed by atoms with van der Waals surface area (Å²) in [5, 5.41) is 12.1. The Morgan fingerprint density at radius 1 is 1.41 bits per heavy atom. The van der Waals surface area contributed by atoms with E-state index in [1.54, 1.807) is 25.7 Å². The van der Waals surface area contributed by atoms with Crippen LogP contribution in [0, 0.1) is 5.41 Å². The number of carbonyl (C=O) groups excluding carboxylic acids is 2. The summed E-state index contributed by atoms with van der Waals surface area (Å²) in [7, 11) is 0. The summed E-state index contributed by atoms with van der Waals surface area (Å²) in [6, 6.07) is 0. The van der Waals surface area contributed by atoms with Gasteiger partial charge in [-0.1, -0.05) is 20.8 Å². The molecule has 0 saturated carbocycles. The molecule has 5 nitrogen and oxygen atoms in total. The van der Waals surface area contributed by atoms with Crippen LogP contribution >= 0.6 is 0 Å². The SMILES string of the molecule is CC(C)(C)C(=O)NCC(=O)N1CCC[C@H](O)C1. The van der Waals surface area contributed by atoms with E-state index >= 15 is 0 Å². The molecule has 1 atom stereocenters. The van der Waals surface area contributed by atoms with Crippen molar-refractivity contribution in [3.05, 3.63) is 0 Å². The van der Waals surface area contributed by atoms with Crippen LogP contribution in [0.15, 0.2) is 0 Å². The third-order valence-electron chi connectivity index (χ3n) is 2.83. The first-order valence-corrected chi connectivity index (χ1v) is 6.05. The largest absolute Gasteiger partial charge is 0.391 e. The highest BCUT2D eigenvalue weighted by Gasteiger charge is 2.25. The molecule has 0 radical (unpaired) electrons. The number of β-amino-alcohol motifs (C(OH)–C–C–N with tert-alkyl or cyclic N) is 1. The predicted octanol–water partition coefficient (Wildman–Crippen LogP) is 0.132. The zero-order chi connectivity index (χ0) is 13.1. The second-order valence-electron chi connectivity index (χ2n) is 5.57. The maximum Gasteiger partial charge on any atom is 0.242 e. The summed E-state index contributed by atoms with van der Waals surface area (Å²) in [5.74, 6) is -0.259. The quantitative estimate of drug-likeness (QED) is 0.723. The van der Waals surface area contributed by atoms with Gasteiger partial charge in [-0.25, -0.2) is 0 Å². The monoisotopic (exact) mass is 242 g/mol. The lowest BCUT2D eigenvalue weighted by Crippen LogP contribution is -2.47. The van der Waals surface area contributed by atoms with Gasteiger partial charge in [0, 0.05) is 18.5 Å². The van der Waals surface area contributed by atoms with Crippen LogP contribution in [0.2, 0.25) is 0 Å². The Labute approximate surface area is 102 Å². The standard InChI is InChI=1S/C12H22N2O3/c1-12(2,3)11(17)13-7-10(16)14-6-4-5-9(15)8-14/h9,15H,4-8H2,1-3H3,(H,13,17)/t9-/m0/s1. The predicted molar refractivity (Wildman–Crippen MR) is 64.3 cm³/mol. The van der Waals surface area contributed by atoms with E-state index in [0.717, 1.165) is 12.8 Å². The topological polar surface area (TPSA) is 69.6 Å². The molecular weight excluding hydrogens is 220 g/mol. The molecule has 0 aromatic rings. The summed E-state index contributed by atoms with van der Waals surface area (Å²) in [6.45, 7) is 6.47. The molecule has 0 aromatic heterocycles. The molecule has 0 spiro atoms. The van der Waals surface area contributed by atoms with Gasteiger partial charge in [-0.3, -0.25) is 9.59 Å². The van der Waals surface area contributed by atoms with Gasteiger partial charge < -0.3 is 15.3 Å². The highest BCUT2D eigenvalue weighted by atomic mass is 16.3. The maximum atomic E-state index is 11.8. The maximum absolute atomic E-state index is 11.8. The third-order valence-corrected chi connectivity index (χ3v) is 2.83. The van der Waals surface area contributed by atoms with E-state index in [1.165, 1.54) is 0 Å². The number of carbonyl (C=O) groups is 2. The fraction of sp³-hybridized carbons (Fsp3) is 0.833. The second-order valence-corrected chi connectivity index (χ2v) is 5.57. The zero-order valence-electron chi connectivity index (χ0n) is 10.8. The van der Waals surface area contributed by atoms with Gasteiger partial charge in [0.05, 0.1) is 12.6 Å². The summed E-state index contributed by atoms with van der Waals surface area (Å²) < 4.78 is 0. The molecule has 98 valence electrons. The first-order valence-electron chi connectivity index (χ1n) is 6.05. The number of nitrogens with zero attached hydrogens (tertiary/aromatic N) is 1. The molecule has 1 aliphatic heterocycles. The highest BCUT2D eigenvalue weighted by Crippen LogP contribution is 2.13. The van der Waals surface area contributed by atoms with Crippen molar-refractivity contribution in [1.29, 1.82) is 0 Å². The van der Waals surface area contributed by atoms with Gasteiger partial charge in [0.15, 0.2) is 0 Å². The lowest BCUT2D eigenvalue weighted by atomic mass is 9.96. The Hall–Kier alpha value is -1.10. The number of likely N-dealkylation sites (tertiary alicyclic amines) is 1. The number of hydrogen-bond acceptors (Lipinski definition) is 3. The average molecular weight is 242 g/mol. The number of aliphatic hydroxyl groups excluding tert-OH is 1. The molecule has 1 aliphatic rings. The number of piperidine rings is 1.